The topological polar surface area (TPSA) is 20.9 Å². The summed E-state index contributed by atoms with van der Waals surface area (Å²) in [7, 11) is 0. The van der Waals surface area contributed by atoms with Crippen LogP contribution < -0.4 is 26.4 Å². The van der Waals surface area contributed by atoms with Gasteiger partial charge in [0.1, 0.15) is 58.5 Å². The molecule has 1 aromatic heterocycles. The fraction of sp³-hybridized carbons (Fsp3) is 0.0244. The van der Waals surface area contributed by atoms with E-state index in [1.54, 1.807) is 16.7 Å². The summed E-state index contributed by atoms with van der Waals surface area (Å²) in [6.45, 7) is 0.131. The Morgan fingerprint density at radius 1 is 0.354 bits per heavy atom. The zero-order valence-corrected chi connectivity index (χ0v) is 30.9. The molecule has 0 amide bonds. The molecule has 7 aromatic rings. The molecule has 6 aromatic carbocycles. The van der Waals surface area contributed by atoms with Gasteiger partial charge in [0.15, 0.2) is 82.2 Å². The quantitative estimate of drug-likeness (QED) is 0.0391. The van der Waals surface area contributed by atoms with E-state index < -0.39 is 150 Å². The summed E-state index contributed by atoms with van der Waals surface area (Å²) < 4.78 is 309. The molecule has 7 rings (SSSR count). The summed E-state index contributed by atoms with van der Waals surface area (Å²) in [5.41, 5.74) is -14.2. The largest absolute Gasteiger partial charge is 0.287 e. The van der Waals surface area contributed by atoms with Crippen molar-refractivity contribution in [1.82, 2.24) is 0 Å². The Bertz CT molecular complexity index is 2740. The van der Waals surface area contributed by atoms with Crippen molar-refractivity contribution in [3.63, 3.8) is 0 Å². The van der Waals surface area contributed by atoms with Crippen LogP contribution in [-0.2, 0) is 6.54 Å². The fourth-order valence-corrected chi connectivity index (χ4v) is 7.09. The highest BCUT2D eigenvalue weighted by Gasteiger charge is 2.52. The maximum atomic E-state index is 15.4. The number of rotatable bonds is 7. The average molecular weight is 945 g/mol. The van der Waals surface area contributed by atoms with Crippen molar-refractivity contribution in [3.05, 3.63) is 195 Å². The van der Waals surface area contributed by atoms with Gasteiger partial charge >= 0.3 is 0 Å². The Hall–Kier alpha value is -7.01. The number of nitrogens with zero attached hydrogens (tertiary/aromatic N) is 1. The first-order valence-electron chi connectivity index (χ1n) is 17.3. The van der Waals surface area contributed by atoms with Crippen molar-refractivity contribution >= 4 is 44.6 Å². The summed E-state index contributed by atoms with van der Waals surface area (Å²) in [5.74, 6) is -72.1. The second kappa shape index (κ2) is 17.5. The van der Waals surface area contributed by atoms with Crippen LogP contribution >= 0.6 is 0 Å². The lowest BCUT2D eigenvalue weighted by Crippen LogP contribution is -2.81. The second-order valence-electron chi connectivity index (χ2n) is 13.4. The minimum atomic E-state index is -7.22. The van der Waals surface area contributed by atoms with Gasteiger partial charge in [-0.1, -0.05) is 30.3 Å². The number of hydrogen-bond donors (Lipinski definition) is 0. The van der Waals surface area contributed by atoms with Crippen LogP contribution in [0, 0.1) is 122 Å². The highest BCUT2D eigenvalue weighted by Crippen LogP contribution is 2.31. The number of benzene rings is 6. The monoisotopic (exact) mass is 945 g/mol. The summed E-state index contributed by atoms with van der Waals surface area (Å²) in [6.07, 6.45) is -3.49. The van der Waals surface area contributed by atoms with Crippen LogP contribution in [0.2, 0.25) is 0 Å². The number of pyridine rings is 1. The Kier molecular flexibility index (Phi) is 12.8. The predicted octanol–water partition coefficient (Wildman–Crippen LogP) is 9.00. The zero-order valence-electron chi connectivity index (χ0n) is 30.9. The third kappa shape index (κ3) is 7.46. The van der Waals surface area contributed by atoms with Gasteiger partial charge in [0.05, 0.1) is 5.56 Å². The molecule has 0 saturated heterocycles. The number of halogens is 21. The number of carbonyl (C=O) groups is 1. The molecule has 2 nitrogen and oxygen atoms in total. The summed E-state index contributed by atoms with van der Waals surface area (Å²) >= 11 is 0. The minimum absolute atomic E-state index is 0.131. The first kappa shape index (κ1) is 47.5. The van der Waals surface area contributed by atoms with E-state index in [-0.39, 0.29) is 17.9 Å². The van der Waals surface area contributed by atoms with Crippen LogP contribution in [0.25, 0.3) is 10.8 Å². The molecule has 0 atom stereocenters. The molecular formula is C41H13BF21NO. The lowest BCUT2D eigenvalue weighted by atomic mass is 9.12. The third-order valence-corrected chi connectivity index (χ3v) is 9.95. The molecule has 65 heavy (non-hydrogen) atoms. The first-order chi connectivity index (χ1) is 30.4. The molecule has 0 spiro atoms. The van der Waals surface area contributed by atoms with Gasteiger partial charge < -0.3 is 0 Å². The van der Waals surface area contributed by atoms with Crippen LogP contribution in [0.5, 0.6) is 0 Å². The number of hydrogen-bond acceptors (Lipinski definition) is 1. The average Bonchev–Trinajstić information content (AvgIpc) is 3.29. The predicted molar refractivity (Wildman–Crippen MR) is 184 cm³/mol. The van der Waals surface area contributed by atoms with E-state index in [1.807, 2.05) is 42.7 Å². The molecular weight excluding hydrogens is 932 g/mol. The first-order valence-corrected chi connectivity index (χ1v) is 17.3. The van der Waals surface area contributed by atoms with Gasteiger partial charge in [-0.05, 0) is 23.6 Å². The molecule has 0 aliphatic heterocycles. The Morgan fingerprint density at radius 2 is 0.631 bits per heavy atom. The van der Waals surface area contributed by atoms with Gasteiger partial charge in [-0.25, -0.2) is 92.2 Å². The second-order valence-corrected chi connectivity index (χ2v) is 13.4. The molecule has 0 fully saturated rings. The third-order valence-electron chi connectivity index (χ3n) is 9.95. The summed E-state index contributed by atoms with van der Waals surface area (Å²) in [4.78, 5) is 12.1. The van der Waals surface area contributed by atoms with Crippen molar-refractivity contribution < 1.29 is 102 Å². The normalized spacial score (nSPS) is 11.6. The molecule has 0 radical (unpaired) electrons. The van der Waals surface area contributed by atoms with Gasteiger partial charge in [-0.2, -0.15) is 4.57 Å². The van der Waals surface area contributed by atoms with E-state index in [0.29, 0.717) is 0 Å². The Morgan fingerprint density at radius 3 is 0.954 bits per heavy atom. The lowest BCUT2D eigenvalue weighted by Gasteiger charge is -2.44. The molecule has 0 bridgehead atoms. The van der Waals surface area contributed by atoms with Crippen LogP contribution in [0.1, 0.15) is 10.4 Å². The Labute approximate surface area is 347 Å². The SMILES string of the molecule is Fc1c(F)c(F)c([B-](c2c(F)c(F)c(F)c(F)c2F)(c2c(F)c(F)c(F)c(F)c2F)c2c(F)c(F)c(F)c(F)c2F)c(F)c1F.O=C(C[n+]1ccc2ccccc2c1)c1ccccc1F. The van der Waals surface area contributed by atoms with Crippen molar-refractivity contribution in [3.8, 4) is 0 Å². The van der Waals surface area contributed by atoms with Crippen molar-refractivity contribution in [2.45, 2.75) is 6.54 Å². The van der Waals surface area contributed by atoms with E-state index >= 15 is 35.1 Å². The summed E-state index contributed by atoms with van der Waals surface area (Å²) in [5, 5.41) is 2.17. The number of ketones is 1. The van der Waals surface area contributed by atoms with E-state index in [2.05, 4.69) is 0 Å². The molecule has 0 N–H and O–H groups in total. The van der Waals surface area contributed by atoms with E-state index in [0.717, 1.165) is 10.8 Å². The number of Topliss-reactive ketones (excluding diaryl/α,β-unsaturated/α-hetero) is 1. The number of carbonyl (C=O) groups excluding carboxylic acids is 1. The van der Waals surface area contributed by atoms with Crippen LogP contribution in [0.15, 0.2) is 67.0 Å². The molecule has 0 aliphatic rings. The van der Waals surface area contributed by atoms with Crippen molar-refractivity contribution in [1.29, 1.82) is 0 Å². The Balaban J connectivity index is 0.000000289. The van der Waals surface area contributed by atoms with Gasteiger partial charge in [0, 0.05) is 11.5 Å². The zero-order chi connectivity index (χ0) is 48.3. The molecule has 338 valence electrons. The summed E-state index contributed by atoms with van der Waals surface area (Å²) in [6, 6.07) is 15.9. The van der Waals surface area contributed by atoms with E-state index in [1.165, 1.54) is 12.1 Å². The fourth-order valence-electron chi connectivity index (χ4n) is 7.09. The van der Waals surface area contributed by atoms with Gasteiger partial charge in [0.25, 0.3) is 0 Å². The van der Waals surface area contributed by atoms with Gasteiger partial charge in [0.2, 0.25) is 12.3 Å². The lowest BCUT2D eigenvalue weighted by molar-refractivity contribution is -0.681. The molecule has 1 heterocycles. The van der Waals surface area contributed by atoms with Crippen LogP contribution in [0.3, 0.4) is 0 Å². The van der Waals surface area contributed by atoms with Gasteiger partial charge in [-0.15, -0.1) is 21.9 Å². The molecule has 0 saturated carbocycles. The molecule has 0 aliphatic carbocycles. The maximum absolute atomic E-state index is 15.4. The highest BCUT2D eigenvalue weighted by molar-refractivity contribution is 7.20. The van der Waals surface area contributed by atoms with Crippen molar-refractivity contribution in [2.75, 3.05) is 0 Å². The van der Waals surface area contributed by atoms with Gasteiger partial charge in [-0.3, -0.25) is 4.79 Å². The maximum Gasteiger partial charge on any atom is 0.230 e. The van der Waals surface area contributed by atoms with E-state index in [4.69, 9.17) is 0 Å². The standard InChI is InChI=1S/C24BF20.C17H13FNO/c26-5-1(6(27)14(35)21(42)13(5)34)25(2-7(28)15(36)22(43)16(37)8(2)29,3-9(30)17(38)23(44)18(39)10(3)31)4-11(32)19(40)24(45)20(41)12(4)33;18-16-8-4-3-7-15(16)17(20)12-19-10-9-13-5-1-2-6-14(13)11-19/h;1-11H,12H2/q-1;+1. The molecule has 0 unspecified atom stereocenters. The van der Waals surface area contributed by atoms with Crippen LogP contribution in [-0.4, -0.2) is 11.9 Å². The highest BCUT2D eigenvalue weighted by atomic mass is 19.2. The smallest absolute Gasteiger partial charge is 0.230 e. The number of fused-ring (bicyclic) bond motifs is 1. The van der Waals surface area contributed by atoms with Crippen molar-refractivity contribution in [2.24, 2.45) is 0 Å². The minimum Gasteiger partial charge on any atom is -0.287 e. The number of aromatic nitrogens is 1. The van der Waals surface area contributed by atoms with E-state index in [9.17, 15) is 61.9 Å². The molecule has 24 heteroatoms. The van der Waals surface area contributed by atoms with Crippen LogP contribution in [0.4, 0.5) is 92.2 Å².